The summed E-state index contributed by atoms with van der Waals surface area (Å²) in [4.78, 5) is 32.5. The molecule has 2 aromatic carbocycles. The van der Waals surface area contributed by atoms with Crippen molar-refractivity contribution in [3.63, 3.8) is 0 Å². The van der Waals surface area contributed by atoms with Gasteiger partial charge in [0, 0.05) is 23.4 Å². The predicted octanol–water partition coefficient (Wildman–Crippen LogP) is 0.881. The minimum atomic E-state index is -0.704. The summed E-state index contributed by atoms with van der Waals surface area (Å²) in [6, 6.07) is 14.3. The summed E-state index contributed by atoms with van der Waals surface area (Å²) in [5, 5.41) is 12.3. The molecule has 31 heavy (non-hydrogen) atoms. The first-order valence-corrected chi connectivity index (χ1v) is 10.1. The molecule has 158 valence electrons. The van der Waals surface area contributed by atoms with E-state index in [4.69, 9.17) is 4.74 Å². The van der Waals surface area contributed by atoms with Gasteiger partial charge in [0.05, 0.1) is 32.1 Å². The summed E-state index contributed by atoms with van der Waals surface area (Å²) in [6.45, 7) is 0.788. The molecule has 0 spiro atoms. The van der Waals surface area contributed by atoms with Gasteiger partial charge in [-0.15, -0.1) is 0 Å². The van der Waals surface area contributed by atoms with Gasteiger partial charge in [0.1, 0.15) is 11.3 Å². The number of aromatic hydroxyl groups is 1. The molecule has 0 amide bonds. The summed E-state index contributed by atoms with van der Waals surface area (Å²) in [5.41, 5.74) is 2.30. The maximum absolute atomic E-state index is 13.0. The maximum atomic E-state index is 13.0. The molecule has 3 heterocycles. The number of hydrogen-bond acceptors (Lipinski definition) is 4. The Balaban J connectivity index is 1.77. The SMILES string of the molecule is COc1cccc(-n2c(O)c([C@H]3c4[nH]c5ccccc5c4CC[NH+]3C)c(=O)[nH]c2=O)c1. The molecule has 1 aliphatic rings. The van der Waals surface area contributed by atoms with Crippen molar-refractivity contribution in [2.45, 2.75) is 12.5 Å². The molecular weight excluding hydrogens is 396 g/mol. The second-order valence-electron chi connectivity index (χ2n) is 7.88. The number of hydrogen-bond donors (Lipinski definition) is 4. The second kappa shape index (κ2) is 7.17. The van der Waals surface area contributed by atoms with E-state index < -0.39 is 17.3 Å². The van der Waals surface area contributed by atoms with Gasteiger partial charge in [-0.05, 0) is 23.8 Å². The van der Waals surface area contributed by atoms with Gasteiger partial charge >= 0.3 is 5.69 Å². The van der Waals surface area contributed by atoms with Crippen LogP contribution in [0.4, 0.5) is 0 Å². The lowest BCUT2D eigenvalue weighted by atomic mass is 9.94. The number of nitrogens with one attached hydrogen (secondary N) is 3. The topological polar surface area (TPSA) is 105 Å². The normalized spacial score (nSPS) is 18.1. The molecule has 0 radical (unpaired) electrons. The first kappa shape index (κ1) is 19.2. The third-order valence-corrected chi connectivity index (χ3v) is 6.12. The molecule has 0 aliphatic carbocycles. The van der Waals surface area contributed by atoms with Crippen LogP contribution >= 0.6 is 0 Å². The number of H-pyrrole nitrogens is 2. The van der Waals surface area contributed by atoms with E-state index in [9.17, 15) is 14.7 Å². The minimum Gasteiger partial charge on any atom is -0.497 e. The molecule has 2 atom stereocenters. The quantitative estimate of drug-likeness (QED) is 0.396. The summed E-state index contributed by atoms with van der Waals surface area (Å²) in [5.74, 6) is 0.174. The monoisotopic (exact) mass is 419 g/mol. The highest BCUT2D eigenvalue weighted by Gasteiger charge is 2.38. The van der Waals surface area contributed by atoms with Gasteiger partial charge in [-0.25, -0.2) is 9.36 Å². The fourth-order valence-electron chi connectivity index (χ4n) is 4.63. The highest BCUT2D eigenvalue weighted by molar-refractivity contribution is 5.85. The van der Waals surface area contributed by atoms with Crippen LogP contribution in [-0.4, -0.2) is 40.3 Å². The first-order chi connectivity index (χ1) is 15.0. The number of rotatable bonds is 3. The lowest BCUT2D eigenvalue weighted by Gasteiger charge is -2.30. The van der Waals surface area contributed by atoms with Crippen LogP contribution in [0.25, 0.3) is 16.6 Å². The van der Waals surface area contributed by atoms with Crippen LogP contribution in [-0.2, 0) is 6.42 Å². The number of benzene rings is 2. The number of ether oxygens (including phenoxy) is 1. The number of methoxy groups -OCH3 is 1. The molecule has 8 heteroatoms. The molecule has 4 N–H and O–H groups in total. The van der Waals surface area contributed by atoms with Crippen LogP contribution < -0.4 is 20.9 Å². The molecular formula is C23H23N4O4+. The molecule has 5 rings (SSSR count). The van der Waals surface area contributed by atoms with Crippen LogP contribution in [0.15, 0.2) is 58.1 Å². The Labute approximate surface area is 177 Å². The number of quaternary nitrogens is 1. The zero-order valence-corrected chi connectivity index (χ0v) is 17.2. The number of aromatic nitrogens is 3. The van der Waals surface area contributed by atoms with Crippen LogP contribution in [0, 0.1) is 0 Å². The van der Waals surface area contributed by atoms with E-state index in [0.717, 1.165) is 44.6 Å². The van der Waals surface area contributed by atoms with Crippen molar-refractivity contribution in [3.05, 3.63) is 86.2 Å². The number of nitrogens with zero attached hydrogens (tertiary/aromatic N) is 1. The first-order valence-electron chi connectivity index (χ1n) is 10.1. The standard InChI is InChI=1S/C23H22N4O4/c1-26-11-10-16-15-8-3-4-9-17(15)24-19(16)20(26)18-21(28)25-23(30)27(22(18)29)13-6-5-7-14(12-13)31-2/h3-9,12,20,24,29H,10-11H2,1-2H3,(H,25,28,30)/p+1/t20-/m0/s1. The van der Waals surface area contributed by atoms with Crippen molar-refractivity contribution in [2.75, 3.05) is 20.7 Å². The summed E-state index contributed by atoms with van der Waals surface area (Å²) >= 11 is 0. The molecule has 8 nitrogen and oxygen atoms in total. The van der Waals surface area contributed by atoms with Crippen molar-refractivity contribution in [3.8, 4) is 17.3 Å². The average Bonchev–Trinajstić information content (AvgIpc) is 3.14. The van der Waals surface area contributed by atoms with E-state index in [2.05, 4.69) is 16.0 Å². The Kier molecular flexibility index (Phi) is 4.44. The molecule has 0 saturated heterocycles. The summed E-state index contributed by atoms with van der Waals surface area (Å²) < 4.78 is 6.36. The fraction of sp³-hybridized carbons (Fsp3) is 0.217. The maximum Gasteiger partial charge on any atom is 0.335 e. The van der Waals surface area contributed by atoms with Crippen LogP contribution in [0.2, 0.25) is 0 Å². The minimum absolute atomic E-state index is 0.160. The number of para-hydroxylation sites is 1. The Morgan fingerprint density at radius 1 is 1.13 bits per heavy atom. The Bertz CT molecular complexity index is 1420. The van der Waals surface area contributed by atoms with E-state index >= 15 is 0 Å². The van der Waals surface area contributed by atoms with Gasteiger partial charge in [-0.2, -0.15) is 0 Å². The zero-order chi connectivity index (χ0) is 21.7. The largest absolute Gasteiger partial charge is 0.497 e. The zero-order valence-electron chi connectivity index (χ0n) is 17.2. The second-order valence-corrected chi connectivity index (χ2v) is 7.88. The molecule has 1 aliphatic heterocycles. The third kappa shape index (κ3) is 2.95. The van der Waals surface area contributed by atoms with Crippen molar-refractivity contribution in [2.24, 2.45) is 0 Å². The fourth-order valence-corrected chi connectivity index (χ4v) is 4.63. The molecule has 0 bridgehead atoms. The van der Waals surface area contributed by atoms with Gasteiger partial charge in [0.25, 0.3) is 5.56 Å². The van der Waals surface area contributed by atoms with Gasteiger partial charge < -0.3 is 19.7 Å². The van der Waals surface area contributed by atoms with E-state index in [1.54, 1.807) is 24.3 Å². The molecule has 4 aromatic rings. The van der Waals surface area contributed by atoms with E-state index in [1.807, 2.05) is 25.2 Å². The lowest BCUT2D eigenvalue weighted by molar-refractivity contribution is -0.908. The van der Waals surface area contributed by atoms with Gasteiger partial charge in [0.15, 0.2) is 6.04 Å². The van der Waals surface area contributed by atoms with Crippen molar-refractivity contribution in [1.82, 2.24) is 14.5 Å². The Morgan fingerprint density at radius 2 is 1.94 bits per heavy atom. The molecule has 2 aromatic heterocycles. The van der Waals surface area contributed by atoms with Crippen LogP contribution in [0.3, 0.4) is 0 Å². The lowest BCUT2D eigenvalue weighted by Crippen LogP contribution is -3.10. The van der Waals surface area contributed by atoms with E-state index in [-0.39, 0.29) is 11.4 Å². The van der Waals surface area contributed by atoms with Gasteiger partial charge in [-0.3, -0.25) is 9.78 Å². The van der Waals surface area contributed by atoms with Gasteiger partial charge in [-0.1, -0.05) is 24.3 Å². The third-order valence-electron chi connectivity index (χ3n) is 6.12. The Morgan fingerprint density at radius 3 is 2.74 bits per heavy atom. The molecule has 1 unspecified atom stereocenters. The summed E-state index contributed by atoms with van der Waals surface area (Å²) in [6.07, 6.45) is 0.857. The smallest absolute Gasteiger partial charge is 0.335 e. The van der Waals surface area contributed by atoms with Crippen LogP contribution in [0.1, 0.15) is 22.9 Å². The van der Waals surface area contributed by atoms with Gasteiger partial charge in [0.2, 0.25) is 5.88 Å². The van der Waals surface area contributed by atoms with Crippen molar-refractivity contribution < 1.29 is 14.7 Å². The highest BCUT2D eigenvalue weighted by atomic mass is 16.5. The number of likely N-dealkylation sites (N-methyl/N-ethyl adjacent to an activating group) is 1. The van der Waals surface area contributed by atoms with E-state index in [1.165, 1.54) is 7.11 Å². The molecule has 0 saturated carbocycles. The summed E-state index contributed by atoms with van der Waals surface area (Å²) in [7, 11) is 3.51. The Hall–Kier alpha value is -3.78. The number of fused-ring (bicyclic) bond motifs is 3. The van der Waals surface area contributed by atoms with Crippen molar-refractivity contribution >= 4 is 10.9 Å². The molecule has 0 fully saturated rings. The predicted molar refractivity (Wildman–Crippen MR) is 116 cm³/mol. The van der Waals surface area contributed by atoms with Crippen LogP contribution in [0.5, 0.6) is 11.6 Å². The van der Waals surface area contributed by atoms with E-state index in [0.29, 0.717) is 11.4 Å². The highest BCUT2D eigenvalue weighted by Crippen LogP contribution is 2.33. The van der Waals surface area contributed by atoms with Crippen molar-refractivity contribution in [1.29, 1.82) is 0 Å². The average molecular weight is 419 g/mol. The number of aromatic amines is 2.